The first-order valence-electron chi connectivity index (χ1n) is 8.22. The molecule has 134 valence electrons. The topological polar surface area (TPSA) is 79.0 Å². The molecule has 8 heteroatoms. The van der Waals surface area contributed by atoms with E-state index in [-0.39, 0.29) is 24.7 Å². The molecule has 0 aliphatic carbocycles. The fourth-order valence-electron chi connectivity index (χ4n) is 3.03. The van der Waals surface area contributed by atoms with Crippen molar-refractivity contribution < 1.29 is 23.5 Å². The van der Waals surface area contributed by atoms with Gasteiger partial charge in [-0.25, -0.2) is 4.39 Å². The molecule has 1 aromatic carbocycles. The molecule has 3 amide bonds. The molecule has 2 aliphatic rings. The van der Waals surface area contributed by atoms with Crippen LogP contribution in [0.1, 0.15) is 12.0 Å². The molecule has 2 saturated heterocycles. The molecule has 25 heavy (non-hydrogen) atoms. The molecule has 1 aromatic rings. The maximum Gasteiger partial charge on any atom is 0.312 e. The van der Waals surface area contributed by atoms with Gasteiger partial charge in [0.15, 0.2) is 0 Å². The average Bonchev–Trinajstić information content (AvgIpc) is 2.94. The Morgan fingerprint density at radius 3 is 2.76 bits per heavy atom. The van der Waals surface area contributed by atoms with Crippen LogP contribution in [0.5, 0.6) is 0 Å². The number of rotatable bonds is 3. The molecule has 1 N–H and O–H groups in total. The van der Waals surface area contributed by atoms with Crippen LogP contribution in [0.15, 0.2) is 24.3 Å². The van der Waals surface area contributed by atoms with E-state index in [0.717, 1.165) is 0 Å². The zero-order valence-corrected chi connectivity index (χ0v) is 13.7. The lowest BCUT2D eigenvalue weighted by Gasteiger charge is -2.26. The fourth-order valence-corrected chi connectivity index (χ4v) is 3.03. The number of likely N-dealkylation sites (tertiary alicyclic amines) is 1. The number of benzene rings is 1. The highest BCUT2D eigenvalue weighted by Gasteiger charge is 2.33. The number of carbonyl (C=O) groups excluding carboxylic acids is 3. The van der Waals surface area contributed by atoms with Crippen LogP contribution in [0, 0.1) is 5.82 Å². The van der Waals surface area contributed by atoms with Crippen LogP contribution in [0.3, 0.4) is 0 Å². The third-order valence-electron chi connectivity index (χ3n) is 4.30. The molecule has 0 aromatic heterocycles. The van der Waals surface area contributed by atoms with Gasteiger partial charge in [0, 0.05) is 32.6 Å². The van der Waals surface area contributed by atoms with Crippen molar-refractivity contribution in [2.45, 2.75) is 19.0 Å². The molecule has 0 radical (unpaired) electrons. The average molecular weight is 349 g/mol. The monoisotopic (exact) mass is 349 g/mol. The Morgan fingerprint density at radius 2 is 2.04 bits per heavy atom. The van der Waals surface area contributed by atoms with Gasteiger partial charge in [0.1, 0.15) is 5.82 Å². The third kappa shape index (κ3) is 4.33. The van der Waals surface area contributed by atoms with E-state index >= 15 is 0 Å². The first-order valence-corrected chi connectivity index (χ1v) is 8.22. The van der Waals surface area contributed by atoms with Crippen molar-refractivity contribution in [3.8, 4) is 0 Å². The molecule has 7 nitrogen and oxygen atoms in total. The number of hydrogen-bond acceptors (Lipinski definition) is 4. The molecule has 3 rings (SSSR count). The summed E-state index contributed by atoms with van der Waals surface area (Å²) in [6.07, 6.45) is 0.136. The van der Waals surface area contributed by atoms with Gasteiger partial charge in [-0.1, -0.05) is 12.1 Å². The zero-order chi connectivity index (χ0) is 17.8. The Balaban J connectivity index is 1.53. The Morgan fingerprint density at radius 1 is 1.28 bits per heavy atom. The van der Waals surface area contributed by atoms with Crippen molar-refractivity contribution in [2.24, 2.45) is 0 Å². The van der Waals surface area contributed by atoms with Crippen LogP contribution >= 0.6 is 0 Å². The number of halogens is 1. The highest BCUT2D eigenvalue weighted by Crippen LogP contribution is 2.16. The minimum absolute atomic E-state index is 0.131. The van der Waals surface area contributed by atoms with Gasteiger partial charge in [-0.05, 0) is 17.7 Å². The number of nitrogens with zero attached hydrogens (tertiary/aromatic N) is 2. The highest BCUT2D eigenvalue weighted by molar-refractivity contribution is 6.35. The first kappa shape index (κ1) is 17.3. The lowest BCUT2D eigenvalue weighted by atomic mass is 10.2. The van der Waals surface area contributed by atoms with Crippen molar-refractivity contribution in [1.29, 1.82) is 0 Å². The van der Waals surface area contributed by atoms with Gasteiger partial charge in [-0.15, -0.1) is 0 Å². The third-order valence-corrected chi connectivity index (χ3v) is 4.30. The van der Waals surface area contributed by atoms with Crippen LogP contribution in [0.25, 0.3) is 0 Å². The van der Waals surface area contributed by atoms with Crippen molar-refractivity contribution in [3.63, 3.8) is 0 Å². The summed E-state index contributed by atoms with van der Waals surface area (Å²) < 4.78 is 18.4. The summed E-state index contributed by atoms with van der Waals surface area (Å²) in [4.78, 5) is 39.3. The lowest BCUT2D eigenvalue weighted by Crippen LogP contribution is -2.50. The minimum atomic E-state index is -0.702. The number of amides is 3. The number of nitrogens with one attached hydrogen (secondary N) is 1. The first-order chi connectivity index (χ1) is 12.0. The summed E-state index contributed by atoms with van der Waals surface area (Å²) in [5.74, 6) is -1.79. The molecule has 2 heterocycles. The van der Waals surface area contributed by atoms with Crippen LogP contribution in [0.4, 0.5) is 4.39 Å². The molecular formula is C17H20FN3O4. The minimum Gasteiger partial charge on any atom is -0.378 e. The molecule has 1 unspecified atom stereocenters. The van der Waals surface area contributed by atoms with Crippen LogP contribution in [-0.2, 0) is 25.7 Å². The molecule has 2 aliphatic heterocycles. The summed E-state index contributed by atoms with van der Waals surface area (Å²) >= 11 is 0. The van der Waals surface area contributed by atoms with Gasteiger partial charge in [0.05, 0.1) is 19.3 Å². The van der Waals surface area contributed by atoms with Gasteiger partial charge in [-0.3, -0.25) is 14.4 Å². The Bertz CT molecular complexity index is 676. The Kier molecular flexibility index (Phi) is 5.28. The summed E-state index contributed by atoms with van der Waals surface area (Å²) in [5, 5.41) is 2.63. The SMILES string of the molecule is O=C(NC1CC(=O)N(Cc2cccc(F)c2)C1)C(=O)N1CCOCC1. The standard InChI is InChI=1S/C17H20FN3O4/c18-13-3-1-2-12(8-13)10-21-11-14(9-15(21)22)19-16(23)17(24)20-4-6-25-7-5-20/h1-3,8,14H,4-7,9-11H2,(H,19,23). The second-order valence-electron chi connectivity index (χ2n) is 6.18. The van der Waals surface area contributed by atoms with E-state index in [4.69, 9.17) is 4.74 Å². The van der Waals surface area contributed by atoms with Gasteiger partial charge in [0.25, 0.3) is 0 Å². The molecule has 0 saturated carbocycles. The van der Waals surface area contributed by atoms with E-state index in [9.17, 15) is 18.8 Å². The largest absolute Gasteiger partial charge is 0.378 e. The molecular weight excluding hydrogens is 329 g/mol. The Labute approximate surface area is 144 Å². The van der Waals surface area contributed by atoms with E-state index in [0.29, 0.717) is 38.4 Å². The normalized spacial score (nSPS) is 20.7. The summed E-state index contributed by atoms with van der Waals surface area (Å²) in [6.45, 7) is 2.20. The van der Waals surface area contributed by atoms with Gasteiger partial charge < -0.3 is 19.9 Å². The Hall–Kier alpha value is -2.48. The molecule has 2 fully saturated rings. The smallest absolute Gasteiger partial charge is 0.312 e. The van der Waals surface area contributed by atoms with Crippen LogP contribution in [-0.4, -0.2) is 66.4 Å². The van der Waals surface area contributed by atoms with Gasteiger partial charge in [-0.2, -0.15) is 0 Å². The quantitative estimate of drug-likeness (QED) is 0.773. The second-order valence-corrected chi connectivity index (χ2v) is 6.18. The zero-order valence-electron chi connectivity index (χ0n) is 13.7. The number of carbonyl (C=O) groups is 3. The summed E-state index contributed by atoms with van der Waals surface area (Å²) in [6, 6.07) is 5.63. The van der Waals surface area contributed by atoms with E-state index in [1.165, 1.54) is 17.0 Å². The van der Waals surface area contributed by atoms with Crippen LogP contribution in [0.2, 0.25) is 0 Å². The molecule has 0 bridgehead atoms. The van der Waals surface area contributed by atoms with Crippen molar-refractivity contribution in [1.82, 2.24) is 15.1 Å². The fraction of sp³-hybridized carbons (Fsp3) is 0.471. The molecule has 0 spiro atoms. The van der Waals surface area contributed by atoms with E-state index < -0.39 is 17.9 Å². The van der Waals surface area contributed by atoms with Crippen molar-refractivity contribution in [3.05, 3.63) is 35.6 Å². The predicted molar refractivity (Wildman–Crippen MR) is 85.8 cm³/mol. The van der Waals surface area contributed by atoms with Gasteiger partial charge in [0.2, 0.25) is 5.91 Å². The van der Waals surface area contributed by atoms with Crippen LogP contribution < -0.4 is 5.32 Å². The maximum absolute atomic E-state index is 13.2. The van der Waals surface area contributed by atoms with Crippen molar-refractivity contribution >= 4 is 17.7 Å². The van der Waals surface area contributed by atoms with E-state index in [1.807, 2.05) is 0 Å². The van der Waals surface area contributed by atoms with E-state index in [2.05, 4.69) is 5.32 Å². The van der Waals surface area contributed by atoms with Crippen molar-refractivity contribution in [2.75, 3.05) is 32.8 Å². The number of ether oxygens (including phenoxy) is 1. The molecule has 1 atom stereocenters. The van der Waals surface area contributed by atoms with E-state index in [1.54, 1.807) is 17.0 Å². The van der Waals surface area contributed by atoms with Gasteiger partial charge >= 0.3 is 11.8 Å². The maximum atomic E-state index is 13.2. The summed E-state index contributed by atoms with van der Waals surface area (Å²) in [7, 11) is 0. The lowest BCUT2D eigenvalue weighted by molar-refractivity contribution is -0.148. The number of morpholine rings is 1. The highest BCUT2D eigenvalue weighted by atomic mass is 19.1. The second kappa shape index (κ2) is 7.60. The summed E-state index contributed by atoms with van der Waals surface area (Å²) in [5.41, 5.74) is 0.685. The number of hydrogen-bond donors (Lipinski definition) is 1. The predicted octanol–water partition coefficient (Wildman–Crippen LogP) is -0.0984.